The Morgan fingerprint density at radius 1 is 0.960 bits per heavy atom. The highest BCUT2D eigenvalue weighted by Crippen LogP contribution is 2.22. The molecule has 0 saturated carbocycles. The summed E-state index contributed by atoms with van der Waals surface area (Å²) in [4.78, 5) is 17.9. The number of nitrogens with one attached hydrogen (secondary N) is 1. The molecule has 5 heteroatoms. The van der Waals surface area contributed by atoms with Gasteiger partial charge in [-0.25, -0.2) is 5.43 Å². The van der Waals surface area contributed by atoms with E-state index >= 15 is 0 Å². The molecule has 1 N–H and O–H groups in total. The van der Waals surface area contributed by atoms with Gasteiger partial charge in [0.25, 0.3) is 5.91 Å². The zero-order valence-corrected chi connectivity index (χ0v) is 13.8. The van der Waals surface area contributed by atoms with Crippen LogP contribution in [0.1, 0.15) is 16.1 Å². The second-order valence-corrected chi connectivity index (χ2v) is 5.40. The first-order chi connectivity index (χ1) is 12.2. The second kappa shape index (κ2) is 7.88. The van der Waals surface area contributed by atoms with E-state index in [4.69, 9.17) is 0 Å². The Bertz CT molecular complexity index is 846. The summed E-state index contributed by atoms with van der Waals surface area (Å²) >= 11 is 0. The Balaban J connectivity index is 1.62. The molecule has 0 bridgehead atoms. The fourth-order valence-electron chi connectivity index (χ4n) is 2.30. The van der Waals surface area contributed by atoms with Crippen LogP contribution < -0.4 is 10.3 Å². The molecule has 0 spiro atoms. The standard InChI is InChI=1S/C20H18N4O/c1-24(17-7-3-2-4-8-17)18-12-10-16(11-13-18)15-22-23-20(25)19-9-5-6-14-21-19/h2-15H,1H3,(H,23,25). The maximum absolute atomic E-state index is 11.8. The van der Waals surface area contributed by atoms with Gasteiger partial charge in [-0.2, -0.15) is 5.10 Å². The number of hydrogen-bond donors (Lipinski definition) is 1. The lowest BCUT2D eigenvalue weighted by Gasteiger charge is -2.19. The van der Waals surface area contributed by atoms with Crippen molar-refractivity contribution in [3.63, 3.8) is 0 Å². The molecule has 5 nitrogen and oxygen atoms in total. The SMILES string of the molecule is CN(c1ccccc1)c1ccc(C=NNC(=O)c2ccccn2)cc1. The van der Waals surface area contributed by atoms with E-state index < -0.39 is 0 Å². The lowest BCUT2D eigenvalue weighted by atomic mass is 10.2. The molecule has 2 aromatic carbocycles. The molecule has 0 atom stereocenters. The molecule has 0 aliphatic carbocycles. The Labute approximate surface area is 146 Å². The van der Waals surface area contributed by atoms with Gasteiger partial charge in [-0.15, -0.1) is 0 Å². The third-order valence-corrected chi connectivity index (χ3v) is 3.70. The minimum Gasteiger partial charge on any atom is -0.345 e. The number of nitrogens with zero attached hydrogens (tertiary/aromatic N) is 3. The van der Waals surface area contributed by atoms with Crippen molar-refractivity contribution in [2.45, 2.75) is 0 Å². The summed E-state index contributed by atoms with van der Waals surface area (Å²) in [5.41, 5.74) is 5.88. The first-order valence-electron chi connectivity index (χ1n) is 7.87. The molecule has 25 heavy (non-hydrogen) atoms. The quantitative estimate of drug-likeness (QED) is 0.574. The molecule has 0 aliphatic rings. The van der Waals surface area contributed by atoms with E-state index in [2.05, 4.69) is 32.5 Å². The minimum absolute atomic E-state index is 0.333. The van der Waals surface area contributed by atoms with Gasteiger partial charge < -0.3 is 4.90 Å². The van der Waals surface area contributed by atoms with Gasteiger partial charge in [0, 0.05) is 24.6 Å². The highest BCUT2D eigenvalue weighted by molar-refractivity contribution is 5.93. The molecule has 3 aromatic rings. The summed E-state index contributed by atoms with van der Waals surface area (Å²) in [5.74, 6) is -0.336. The number of hydrogen-bond acceptors (Lipinski definition) is 4. The van der Waals surface area contributed by atoms with Gasteiger partial charge in [-0.05, 0) is 42.0 Å². The molecule has 0 unspecified atom stereocenters. The summed E-state index contributed by atoms with van der Waals surface area (Å²) in [6.45, 7) is 0. The topological polar surface area (TPSA) is 57.6 Å². The number of carbonyl (C=O) groups excluding carboxylic acids is 1. The number of anilines is 2. The summed E-state index contributed by atoms with van der Waals surface area (Å²) < 4.78 is 0. The van der Waals surface area contributed by atoms with Gasteiger partial charge in [0.15, 0.2) is 0 Å². The van der Waals surface area contributed by atoms with Crippen molar-refractivity contribution in [3.05, 3.63) is 90.3 Å². The monoisotopic (exact) mass is 330 g/mol. The van der Waals surface area contributed by atoms with Gasteiger partial charge in [-0.1, -0.05) is 36.4 Å². The normalized spacial score (nSPS) is 10.6. The van der Waals surface area contributed by atoms with Crippen LogP contribution in [0, 0.1) is 0 Å². The number of para-hydroxylation sites is 1. The molecular weight excluding hydrogens is 312 g/mol. The molecule has 3 rings (SSSR count). The van der Waals surface area contributed by atoms with Crippen LogP contribution in [0.2, 0.25) is 0 Å². The third kappa shape index (κ3) is 4.29. The predicted molar refractivity (Wildman–Crippen MR) is 100 cm³/mol. The van der Waals surface area contributed by atoms with E-state index in [1.807, 2.05) is 49.5 Å². The van der Waals surface area contributed by atoms with Crippen molar-refractivity contribution in [1.82, 2.24) is 10.4 Å². The lowest BCUT2D eigenvalue weighted by molar-refractivity contribution is 0.0950. The molecule has 0 fully saturated rings. The van der Waals surface area contributed by atoms with E-state index in [1.54, 1.807) is 30.6 Å². The number of rotatable bonds is 5. The fourth-order valence-corrected chi connectivity index (χ4v) is 2.30. The van der Waals surface area contributed by atoms with Crippen LogP contribution in [0.4, 0.5) is 11.4 Å². The average molecular weight is 330 g/mol. The molecule has 124 valence electrons. The van der Waals surface area contributed by atoms with Crippen LogP contribution in [0.3, 0.4) is 0 Å². The second-order valence-electron chi connectivity index (χ2n) is 5.40. The highest BCUT2D eigenvalue weighted by atomic mass is 16.2. The fraction of sp³-hybridized carbons (Fsp3) is 0.0500. The van der Waals surface area contributed by atoms with Gasteiger partial charge in [-0.3, -0.25) is 9.78 Å². The van der Waals surface area contributed by atoms with Crippen LogP contribution in [-0.2, 0) is 0 Å². The number of amides is 1. The van der Waals surface area contributed by atoms with Gasteiger partial charge in [0.05, 0.1) is 6.21 Å². The van der Waals surface area contributed by atoms with E-state index in [9.17, 15) is 4.79 Å². The summed E-state index contributed by atoms with van der Waals surface area (Å²) in [6.07, 6.45) is 3.17. The zero-order valence-electron chi connectivity index (χ0n) is 13.8. The van der Waals surface area contributed by atoms with Crippen molar-refractivity contribution in [1.29, 1.82) is 0 Å². The minimum atomic E-state index is -0.336. The average Bonchev–Trinajstić information content (AvgIpc) is 2.69. The molecule has 1 aromatic heterocycles. The van der Waals surface area contributed by atoms with E-state index in [1.165, 1.54) is 0 Å². The van der Waals surface area contributed by atoms with Crippen LogP contribution in [0.15, 0.2) is 84.1 Å². The van der Waals surface area contributed by atoms with Crippen molar-refractivity contribution >= 4 is 23.5 Å². The van der Waals surface area contributed by atoms with Crippen molar-refractivity contribution in [2.24, 2.45) is 5.10 Å². The van der Waals surface area contributed by atoms with Crippen molar-refractivity contribution in [3.8, 4) is 0 Å². The van der Waals surface area contributed by atoms with Crippen LogP contribution in [0.25, 0.3) is 0 Å². The van der Waals surface area contributed by atoms with Crippen LogP contribution in [0.5, 0.6) is 0 Å². The third-order valence-electron chi connectivity index (χ3n) is 3.70. The maximum Gasteiger partial charge on any atom is 0.289 e. The van der Waals surface area contributed by atoms with E-state index in [-0.39, 0.29) is 5.91 Å². The van der Waals surface area contributed by atoms with Crippen LogP contribution in [-0.4, -0.2) is 24.2 Å². The highest BCUT2D eigenvalue weighted by Gasteiger charge is 2.04. The van der Waals surface area contributed by atoms with Crippen molar-refractivity contribution < 1.29 is 4.79 Å². The van der Waals surface area contributed by atoms with Gasteiger partial charge in [0.1, 0.15) is 5.69 Å². The maximum atomic E-state index is 11.8. The Hall–Kier alpha value is -3.47. The largest absolute Gasteiger partial charge is 0.345 e. The lowest BCUT2D eigenvalue weighted by Crippen LogP contribution is -2.18. The van der Waals surface area contributed by atoms with E-state index in [0.717, 1.165) is 16.9 Å². The summed E-state index contributed by atoms with van der Waals surface area (Å²) in [5, 5.41) is 3.97. The molecule has 1 amide bonds. The van der Waals surface area contributed by atoms with Gasteiger partial charge in [0.2, 0.25) is 0 Å². The molecule has 1 heterocycles. The zero-order chi connectivity index (χ0) is 17.5. The predicted octanol–water partition coefficient (Wildman–Crippen LogP) is 3.61. The molecule has 0 radical (unpaired) electrons. The number of carbonyl (C=O) groups is 1. The molecule has 0 aliphatic heterocycles. The first-order valence-corrected chi connectivity index (χ1v) is 7.87. The van der Waals surface area contributed by atoms with Gasteiger partial charge >= 0.3 is 0 Å². The number of benzene rings is 2. The Kier molecular flexibility index (Phi) is 5.16. The molecule has 0 saturated heterocycles. The summed E-state index contributed by atoms with van der Waals surface area (Å²) in [7, 11) is 2.02. The smallest absolute Gasteiger partial charge is 0.289 e. The van der Waals surface area contributed by atoms with E-state index in [0.29, 0.717) is 5.69 Å². The number of hydrazone groups is 1. The first kappa shape index (κ1) is 16.4. The number of pyridine rings is 1. The molecular formula is C20H18N4O. The summed E-state index contributed by atoms with van der Waals surface area (Å²) in [6, 6.07) is 23.2. The number of aromatic nitrogens is 1. The van der Waals surface area contributed by atoms with Crippen molar-refractivity contribution in [2.75, 3.05) is 11.9 Å². The van der Waals surface area contributed by atoms with Crippen LogP contribution >= 0.6 is 0 Å². The Morgan fingerprint density at radius 2 is 1.64 bits per heavy atom. The Morgan fingerprint density at radius 3 is 2.32 bits per heavy atom.